The van der Waals surface area contributed by atoms with E-state index in [0.717, 1.165) is 0 Å². The molecule has 0 bridgehead atoms. The first-order valence-corrected chi connectivity index (χ1v) is 7.57. The molecule has 1 aromatic heterocycles. The molecule has 1 unspecified atom stereocenters. The molecule has 8 heteroatoms. The number of anilines is 1. The highest BCUT2D eigenvalue weighted by Gasteiger charge is 2.28. The molecular formula is C16H21N3O5. The van der Waals surface area contributed by atoms with E-state index in [9.17, 15) is 14.4 Å². The molecule has 8 nitrogen and oxygen atoms in total. The van der Waals surface area contributed by atoms with Crippen LogP contribution in [0.5, 0.6) is 0 Å². The van der Waals surface area contributed by atoms with Crippen LogP contribution in [0.2, 0.25) is 0 Å². The lowest BCUT2D eigenvalue weighted by molar-refractivity contribution is -0.118. The van der Waals surface area contributed by atoms with Gasteiger partial charge in [0, 0.05) is 6.20 Å². The first kappa shape index (κ1) is 17.7. The summed E-state index contributed by atoms with van der Waals surface area (Å²) >= 11 is 0. The number of nitrogens with one attached hydrogen (secondary N) is 2. The second-order valence-electron chi connectivity index (χ2n) is 6.44. The fraction of sp³-hybridized carbons (Fsp3) is 0.500. The number of aromatic nitrogens is 1. The molecule has 0 aliphatic carbocycles. The minimum absolute atomic E-state index is 0.245. The fourth-order valence-electron chi connectivity index (χ4n) is 2.25. The first-order valence-electron chi connectivity index (χ1n) is 7.57. The monoisotopic (exact) mass is 335 g/mol. The normalized spacial score (nSPS) is 17.2. The second kappa shape index (κ2) is 6.86. The molecule has 2 rings (SSSR count). The summed E-state index contributed by atoms with van der Waals surface area (Å²) in [5.74, 6) is -0.921. The van der Waals surface area contributed by atoms with Crippen molar-refractivity contribution in [1.29, 1.82) is 0 Å². The Labute approximate surface area is 139 Å². The molecule has 24 heavy (non-hydrogen) atoms. The first-order chi connectivity index (χ1) is 11.2. The Kier molecular flexibility index (Phi) is 5.06. The number of carbonyl (C=O) groups is 3. The number of carbonyl (C=O) groups excluding carboxylic acids is 3. The maximum Gasteiger partial charge on any atom is 0.408 e. The summed E-state index contributed by atoms with van der Waals surface area (Å²) in [5, 5.41) is 5.24. The van der Waals surface area contributed by atoms with E-state index in [1.54, 1.807) is 20.8 Å². The maximum absolute atomic E-state index is 12.3. The number of hydrogen-bond acceptors (Lipinski definition) is 6. The zero-order valence-electron chi connectivity index (χ0n) is 14.1. The molecule has 1 aliphatic heterocycles. The van der Waals surface area contributed by atoms with E-state index in [-0.39, 0.29) is 11.5 Å². The van der Waals surface area contributed by atoms with Gasteiger partial charge in [-0.05, 0) is 39.7 Å². The molecule has 1 atom stereocenters. The van der Waals surface area contributed by atoms with Crippen LogP contribution >= 0.6 is 0 Å². The van der Waals surface area contributed by atoms with E-state index in [0.29, 0.717) is 24.2 Å². The quantitative estimate of drug-likeness (QED) is 0.796. The number of amides is 2. The van der Waals surface area contributed by atoms with Gasteiger partial charge in [-0.1, -0.05) is 0 Å². The number of fused-ring (bicyclic) bond motifs is 1. The van der Waals surface area contributed by atoms with Crippen LogP contribution in [0.15, 0.2) is 12.3 Å². The van der Waals surface area contributed by atoms with Crippen LogP contribution in [0.1, 0.15) is 43.2 Å². The SMILES string of the molecule is COC(=O)c1cnc2c(c1)NC(=O)C(NC(=O)OC(C)(C)C)CC2. The molecule has 0 radical (unpaired) electrons. The molecule has 0 saturated carbocycles. The van der Waals surface area contributed by atoms with Gasteiger partial charge in [0.25, 0.3) is 0 Å². The van der Waals surface area contributed by atoms with Gasteiger partial charge in [0.15, 0.2) is 0 Å². The summed E-state index contributed by atoms with van der Waals surface area (Å²) in [6.45, 7) is 5.23. The number of methoxy groups -OCH3 is 1. The molecule has 0 aromatic carbocycles. The molecule has 2 N–H and O–H groups in total. The van der Waals surface area contributed by atoms with E-state index in [1.165, 1.54) is 19.4 Å². The number of hydrogen-bond donors (Lipinski definition) is 2. The van der Waals surface area contributed by atoms with Crippen LogP contribution in [0, 0.1) is 0 Å². The second-order valence-corrected chi connectivity index (χ2v) is 6.44. The van der Waals surface area contributed by atoms with Crippen LogP contribution in [0.3, 0.4) is 0 Å². The average Bonchev–Trinajstić information content (AvgIpc) is 2.63. The lowest BCUT2D eigenvalue weighted by Gasteiger charge is -2.22. The van der Waals surface area contributed by atoms with E-state index in [4.69, 9.17) is 4.74 Å². The highest BCUT2D eigenvalue weighted by Crippen LogP contribution is 2.22. The molecule has 2 amide bonds. The van der Waals surface area contributed by atoms with Gasteiger partial charge in [-0.15, -0.1) is 0 Å². The zero-order chi connectivity index (χ0) is 17.9. The number of rotatable bonds is 2. The van der Waals surface area contributed by atoms with Crippen LogP contribution in [-0.2, 0) is 20.7 Å². The van der Waals surface area contributed by atoms with Gasteiger partial charge >= 0.3 is 12.1 Å². The smallest absolute Gasteiger partial charge is 0.408 e. The van der Waals surface area contributed by atoms with Gasteiger partial charge in [0.2, 0.25) is 5.91 Å². The van der Waals surface area contributed by atoms with Gasteiger partial charge in [0.1, 0.15) is 11.6 Å². The van der Waals surface area contributed by atoms with Crippen LogP contribution in [0.25, 0.3) is 0 Å². The lowest BCUT2D eigenvalue weighted by Crippen LogP contribution is -2.45. The van der Waals surface area contributed by atoms with Crippen molar-refractivity contribution in [3.05, 3.63) is 23.5 Å². The summed E-state index contributed by atoms with van der Waals surface area (Å²) in [6.07, 6.45) is 1.59. The van der Waals surface area contributed by atoms with E-state index < -0.39 is 23.7 Å². The molecule has 1 aromatic rings. The predicted octanol–water partition coefficient (Wildman–Crippen LogP) is 1.65. The third kappa shape index (κ3) is 4.43. The van der Waals surface area contributed by atoms with Crippen molar-refractivity contribution in [3.63, 3.8) is 0 Å². The highest BCUT2D eigenvalue weighted by atomic mass is 16.6. The van der Waals surface area contributed by atoms with Crippen molar-refractivity contribution in [2.75, 3.05) is 12.4 Å². The van der Waals surface area contributed by atoms with Gasteiger partial charge < -0.3 is 20.1 Å². The molecule has 1 aliphatic rings. The molecule has 130 valence electrons. The summed E-state index contributed by atoms with van der Waals surface area (Å²) in [6, 6.07) is 0.776. The Morgan fingerprint density at radius 3 is 2.71 bits per heavy atom. The number of alkyl carbamates (subject to hydrolysis) is 1. The van der Waals surface area contributed by atoms with E-state index >= 15 is 0 Å². The van der Waals surface area contributed by atoms with E-state index in [2.05, 4.69) is 20.4 Å². The van der Waals surface area contributed by atoms with Crippen molar-refractivity contribution in [1.82, 2.24) is 10.3 Å². The van der Waals surface area contributed by atoms with Crippen molar-refractivity contribution < 1.29 is 23.9 Å². The third-order valence-corrected chi connectivity index (χ3v) is 3.33. The Balaban J connectivity index is 2.11. The molecule has 0 spiro atoms. The largest absolute Gasteiger partial charge is 0.465 e. The number of ether oxygens (including phenoxy) is 2. The Morgan fingerprint density at radius 1 is 1.38 bits per heavy atom. The Hall–Kier alpha value is -2.64. The fourth-order valence-corrected chi connectivity index (χ4v) is 2.25. The number of nitrogens with zero attached hydrogens (tertiary/aromatic N) is 1. The predicted molar refractivity (Wildman–Crippen MR) is 85.7 cm³/mol. The molecular weight excluding hydrogens is 314 g/mol. The maximum atomic E-state index is 12.3. The summed E-state index contributed by atoms with van der Waals surface area (Å²) < 4.78 is 9.81. The average molecular weight is 335 g/mol. The van der Waals surface area contributed by atoms with Crippen molar-refractivity contribution in [2.45, 2.75) is 45.3 Å². The molecule has 2 heterocycles. The Morgan fingerprint density at radius 2 is 2.08 bits per heavy atom. The van der Waals surface area contributed by atoms with Crippen LogP contribution in [0.4, 0.5) is 10.5 Å². The number of esters is 1. The number of pyridine rings is 1. The summed E-state index contributed by atoms with van der Waals surface area (Å²) in [7, 11) is 1.27. The summed E-state index contributed by atoms with van der Waals surface area (Å²) in [4.78, 5) is 39.9. The molecule has 0 saturated heterocycles. The standard InChI is InChI=1S/C16H21N3O5/c1-16(2,3)24-15(22)19-11-6-5-10-12(18-13(11)20)7-9(8-17-10)14(21)23-4/h7-8,11H,5-6H2,1-4H3,(H,18,20)(H,19,22). The topological polar surface area (TPSA) is 107 Å². The third-order valence-electron chi connectivity index (χ3n) is 3.33. The molecule has 0 fully saturated rings. The van der Waals surface area contributed by atoms with Crippen molar-refractivity contribution in [3.8, 4) is 0 Å². The number of aryl methyl sites for hydroxylation is 1. The van der Waals surface area contributed by atoms with Gasteiger partial charge in [-0.3, -0.25) is 9.78 Å². The summed E-state index contributed by atoms with van der Waals surface area (Å²) in [5.41, 5.74) is 0.682. The van der Waals surface area contributed by atoms with Gasteiger partial charge in [0.05, 0.1) is 24.1 Å². The van der Waals surface area contributed by atoms with Crippen LogP contribution in [-0.4, -0.2) is 41.7 Å². The van der Waals surface area contributed by atoms with Crippen molar-refractivity contribution >= 4 is 23.7 Å². The van der Waals surface area contributed by atoms with Gasteiger partial charge in [-0.2, -0.15) is 0 Å². The minimum atomic E-state index is -0.740. The lowest BCUT2D eigenvalue weighted by atomic mass is 10.1. The van der Waals surface area contributed by atoms with E-state index in [1.807, 2.05) is 0 Å². The van der Waals surface area contributed by atoms with Crippen LogP contribution < -0.4 is 10.6 Å². The van der Waals surface area contributed by atoms with Gasteiger partial charge in [-0.25, -0.2) is 9.59 Å². The zero-order valence-corrected chi connectivity index (χ0v) is 14.1. The highest BCUT2D eigenvalue weighted by molar-refractivity contribution is 5.99. The Bertz CT molecular complexity index is 666. The van der Waals surface area contributed by atoms with Crippen molar-refractivity contribution in [2.24, 2.45) is 0 Å². The minimum Gasteiger partial charge on any atom is -0.465 e.